The van der Waals surface area contributed by atoms with Gasteiger partial charge in [-0.2, -0.15) is 0 Å². The molecule has 1 aromatic rings. The first-order valence-corrected chi connectivity index (χ1v) is 4.86. The largest absolute Gasteiger partial charge is 0.359 e. The van der Waals surface area contributed by atoms with Crippen LogP contribution in [0, 0.1) is 0 Å². The van der Waals surface area contributed by atoms with Crippen LogP contribution in [0.25, 0.3) is 0 Å². The Kier molecular flexibility index (Phi) is 2.16. The molecule has 0 saturated carbocycles. The van der Waals surface area contributed by atoms with Gasteiger partial charge in [-0.3, -0.25) is 4.79 Å². The summed E-state index contributed by atoms with van der Waals surface area (Å²) in [7, 11) is 0. The van der Waals surface area contributed by atoms with E-state index in [2.05, 4.69) is 0 Å². The molecular formula is C12H14O2. The van der Waals surface area contributed by atoms with Crippen molar-refractivity contribution in [2.75, 3.05) is 0 Å². The molecule has 1 heterocycles. The van der Waals surface area contributed by atoms with E-state index in [1.165, 1.54) is 0 Å². The quantitative estimate of drug-likeness (QED) is 0.680. The SMILES string of the molecule is CC1(C)OC(c2ccccc2)CC1=O. The maximum atomic E-state index is 11.6. The fourth-order valence-electron chi connectivity index (χ4n) is 1.73. The number of rotatable bonds is 1. The summed E-state index contributed by atoms with van der Waals surface area (Å²) in [6.07, 6.45) is 0.440. The second-order valence-electron chi connectivity index (χ2n) is 4.15. The van der Waals surface area contributed by atoms with Crippen molar-refractivity contribution in [3.05, 3.63) is 35.9 Å². The van der Waals surface area contributed by atoms with E-state index in [1.54, 1.807) is 0 Å². The highest BCUT2D eigenvalue weighted by Crippen LogP contribution is 2.36. The number of ether oxygens (including phenoxy) is 1. The fourth-order valence-corrected chi connectivity index (χ4v) is 1.73. The van der Waals surface area contributed by atoms with E-state index < -0.39 is 5.60 Å². The van der Waals surface area contributed by atoms with Crippen molar-refractivity contribution in [1.82, 2.24) is 0 Å². The molecule has 0 spiro atoms. The zero-order valence-corrected chi connectivity index (χ0v) is 8.49. The van der Waals surface area contributed by atoms with Gasteiger partial charge in [0.25, 0.3) is 0 Å². The average molecular weight is 190 g/mol. The molecule has 2 nitrogen and oxygen atoms in total. The van der Waals surface area contributed by atoms with Crippen LogP contribution in [0.5, 0.6) is 0 Å². The number of carbonyl (C=O) groups excluding carboxylic acids is 1. The molecule has 2 heteroatoms. The van der Waals surface area contributed by atoms with Gasteiger partial charge < -0.3 is 4.74 Å². The van der Waals surface area contributed by atoms with Gasteiger partial charge in [-0.1, -0.05) is 30.3 Å². The number of hydrogen-bond donors (Lipinski definition) is 0. The van der Waals surface area contributed by atoms with E-state index in [0.29, 0.717) is 6.42 Å². The van der Waals surface area contributed by atoms with Gasteiger partial charge in [0, 0.05) is 6.42 Å². The zero-order valence-electron chi connectivity index (χ0n) is 8.49. The van der Waals surface area contributed by atoms with Crippen molar-refractivity contribution in [3.63, 3.8) is 0 Å². The number of carbonyl (C=O) groups is 1. The van der Waals surface area contributed by atoms with Crippen LogP contribution in [0.3, 0.4) is 0 Å². The molecule has 0 bridgehead atoms. The number of ketones is 1. The maximum absolute atomic E-state index is 11.6. The Labute approximate surface area is 83.9 Å². The number of hydrogen-bond acceptors (Lipinski definition) is 2. The average Bonchev–Trinajstić information content (AvgIpc) is 2.43. The van der Waals surface area contributed by atoms with Crippen LogP contribution < -0.4 is 0 Å². The molecule has 0 amide bonds. The van der Waals surface area contributed by atoms with Crippen LogP contribution in [-0.2, 0) is 9.53 Å². The van der Waals surface area contributed by atoms with Gasteiger partial charge in [0.05, 0.1) is 6.10 Å². The Bertz CT molecular complexity index is 341. The topological polar surface area (TPSA) is 26.3 Å². The third-order valence-corrected chi connectivity index (χ3v) is 2.65. The summed E-state index contributed by atoms with van der Waals surface area (Å²) in [5, 5.41) is 0. The Morgan fingerprint density at radius 1 is 1.29 bits per heavy atom. The lowest BCUT2D eigenvalue weighted by atomic mass is 10.0. The van der Waals surface area contributed by atoms with Crippen molar-refractivity contribution >= 4 is 5.78 Å². The van der Waals surface area contributed by atoms with Crippen molar-refractivity contribution in [2.24, 2.45) is 0 Å². The summed E-state index contributed by atoms with van der Waals surface area (Å²) < 4.78 is 5.70. The van der Waals surface area contributed by atoms with Crippen molar-refractivity contribution in [1.29, 1.82) is 0 Å². The minimum absolute atomic E-state index is 0.0568. The Hall–Kier alpha value is -1.15. The third kappa shape index (κ3) is 1.58. The third-order valence-electron chi connectivity index (χ3n) is 2.65. The molecule has 1 fully saturated rings. The first kappa shape index (κ1) is 9.41. The minimum Gasteiger partial charge on any atom is -0.359 e. The van der Waals surface area contributed by atoms with Crippen molar-refractivity contribution in [3.8, 4) is 0 Å². The van der Waals surface area contributed by atoms with Gasteiger partial charge in [0.2, 0.25) is 0 Å². The Morgan fingerprint density at radius 3 is 2.43 bits per heavy atom. The zero-order chi connectivity index (χ0) is 10.2. The van der Waals surface area contributed by atoms with Gasteiger partial charge in [-0.15, -0.1) is 0 Å². The summed E-state index contributed by atoms with van der Waals surface area (Å²) in [5.74, 6) is 0.186. The normalized spacial score (nSPS) is 25.3. The number of Topliss-reactive ketones (excluding diaryl/α,β-unsaturated/α-hetero) is 1. The highest BCUT2D eigenvalue weighted by Gasteiger charge is 2.40. The second-order valence-corrected chi connectivity index (χ2v) is 4.15. The summed E-state index contributed by atoms with van der Waals surface area (Å²) >= 11 is 0. The summed E-state index contributed by atoms with van der Waals surface area (Å²) in [4.78, 5) is 11.6. The van der Waals surface area contributed by atoms with E-state index in [0.717, 1.165) is 5.56 Å². The summed E-state index contributed by atoms with van der Waals surface area (Å²) in [5.41, 5.74) is 0.479. The minimum atomic E-state index is -0.611. The molecule has 1 saturated heterocycles. The van der Waals surface area contributed by atoms with Crippen LogP contribution in [0.4, 0.5) is 0 Å². The molecule has 14 heavy (non-hydrogen) atoms. The molecule has 74 valence electrons. The summed E-state index contributed by atoms with van der Waals surface area (Å²) in [6.45, 7) is 3.66. The predicted octanol–water partition coefficient (Wildman–Crippen LogP) is 2.50. The lowest BCUT2D eigenvalue weighted by Crippen LogP contribution is -2.26. The van der Waals surface area contributed by atoms with Crippen molar-refractivity contribution in [2.45, 2.75) is 32.0 Å². The molecule has 1 unspecified atom stereocenters. The lowest BCUT2D eigenvalue weighted by Gasteiger charge is -2.17. The molecule has 0 radical (unpaired) electrons. The maximum Gasteiger partial charge on any atom is 0.167 e. The molecule has 1 atom stereocenters. The molecule has 1 aliphatic heterocycles. The lowest BCUT2D eigenvalue weighted by molar-refractivity contribution is -0.129. The molecule has 1 aromatic carbocycles. The van der Waals surface area contributed by atoms with E-state index in [4.69, 9.17) is 4.74 Å². The molecular weight excluding hydrogens is 176 g/mol. The van der Waals surface area contributed by atoms with Gasteiger partial charge >= 0.3 is 0 Å². The van der Waals surface area contributed by atoms with Crippen LogP contribution in [0.2, 0.25) is 0 Å². The van der Waals surface area contributed by atoms with Crippen molar-refractivity contribution < 1.29 is 9.53 Å². The van der Waals surface area contributed by atoms with Gasteiger partial charge in [-0.25, -0.2) is 0 Å². The van der Waals surface area contributed by atoms with E-state index in [-0.39, 0.29) is 11.9 Å². The van der Waals surface area contributed by atoms with Crippen LogP contribution in [0.1, 0.15) is 31.9 Å². The Balaban J connectivity index is 2.21. The van der Waals surface area contributed by atoms with Crippen LogP contribution in [0.15, 0.2) is 30.3 Å². The van der Waals surface area contributed by atoms with Crippen LogP contribution in [-0.4, -0.2) is 11.4 Å². The standard InChI is InChI=1S/C12H14O2/c1-12(2)11(13)8-10(14-12)9-6-4-3-5-7-9/h3-7,10H,8H2,1-2H3. The Morgan fingerprint density at radius 2 is 1.93 bits per heavy atom. The molecule has 0 aliphatic carbocycles. The van der Waals surface area contributed by atoms with Gasteiger partial charge in [0.15, 0.2) is 5.78 Å². The van der Waals surface area contributed by atoms with Gasteiger partial charge in [-0.05, 0) is 19.4 Å². The predicted molar refractivity (Wildman–Crippen MR) is 54.0 cm³/mol. The van der Waals surface area contributed by atoms with Crippen LogP contribution >= 0.6 is 0 Å². The first-order valence-electron chi connectivity index (χ1n) is 4.86. The molecule has 2 rings (SSSR count). The van der Waals surface area contributed by atoms with E-state index in [1.807, 2.05) is 44.2 Å². The molecule has 0 N–H and O–H groups in total. The van der Waals surface area contributed by atoms with E-state index in [9.17, 15) is 4.79 Å². The highest BCUT2D eigenvalue weighted by molar-refractivity contribution is 5.88. The number of benzene rings is 1. The van der Waals surface area contributed by atoms with Gasteiger partial charge in [0.1, 0.15) is 5.60 Å². The summed E-state index contributed by atoms with van der Waals surface area (Å²) in [6, 6.07) is 9.90. The second kappa shape index (κ2) is 3.21. The first-order chi connectivity index (χ1) is 6.59. The van der Waals surface area contributed by atoms with E-state index >= 15 is 0 Å². The smallest absolute Gasteiger partial charge is 0.167 e. The molecule has 0 aromatic heterocycles. The fraction of sp³-hybridized carbons (Fsp3) is 0.417. The highest BCUT2D eigenvalue weighted by atomic mass is 16.5. The monoisotopic (exact) mass is 190 g/mol. The molecule has 1 aliphatic rings.